The number of benzene rings is 1. The van der Waals surface area contributed by atoms with Crippen molar-refractivity contribution in [2.45, 2.75) is 51.6 Å². The Hall–Kier alpha value is -0.693. The Bertz CT molecular complexity index is 654. The summed E-state index contributed by atoms with van der Waals surface area (Å²) >= 11 is 0. The van der Waals surface area contributed by atoms with Crippen molar-refractivity contribution in [2.75, 3.05) is 14.2 Å². The van der Waals surface area contributed by atoms with E-state index in [0.717, 1.165) is 25.1 Å². The van der Waals surface area contributed by atoms with Crippen LogP contribution < -0.4 is 24.0 Å². The summed E-state index contributed by atoms with van der Waals surface area (Å²) in [5.41, 5.74) is 1.09. The summed E-state index contributed by atoms with van der Waals surface area (Å²) < 4.78 is 27.5. The van der Waals surface area contributed by atoms with Gasteiger partial charge in [-0.1, -0.05) is 57.5 Å². The summed E-state index contributed by atoms with van der Waals surface area (Å²) in [6.45, 7) is 6.57. The zero-order chi connectivity index (χ0) is 19.4. The molecule has 0 amide bonds. The van der Waals surface area contributed by atoms with E-state index in [4.69, 9.17) is 13.8 Å². The minimum Gasteiger partial charge on any atom is -0.609 e. The molecule has 0 unspecified atom stereocenters. The van der Waals surface area contributed by atoms with Crippen LogP contribution in [0.25, 0.3) is 0 Å². The fourth-order valence-electron chi connectivity index (χ4n) is 3.85. The van der Waals surface area contributed by atoms with Gasteiger partial charge in [0.2, 0.25) is 0 Å². The van der Waals surface area contributed by atoms with Crippen molar-refractivity contribution in [3.63, 3.8) is 0 Å². The first kappa shape index (κ1) is 24.3. The van der Waals surface area contributed by atoms with E-state index in [1.54, 1.807) is 0 Å². The molecule has 2 rings (SSSR count). The zero-order valence-corrected chi connectivity index (χ0v) is 18.2. The standard InChI is InChI=1S/C20H31O5P.Li/c1-15-11-12-17(20(2,3)16-9-7-6-8-10-16)18(13-15)25-19(21)14-26(22,23-4)24-5;/h6-10,14-15,17-18,21H,11-13H2,1-5H3;/q;+1/p-1/b19-14+;/t15-,17-,18-;/m0./s1. The predicted octanol–water partition coefficient (Wildman–Crippen LogP) is 1.43. The second kappa shape index (κ2) is 10.2. The summed E-state index contributed by atoms with van der Waals surface area (Å²) in [6, 6.07) is 10.3. The molecule has 0 aromatic heterocycles. The molecule has 146 valence electrons. The minimum absolute atomic E-state index is 0. The van der Waals surface area contributed by atoms with Gasteiger partial charge in [0.1, 0.15) is 0 Å². The Morgan fingerprint density at radius 1 is 1.19 bits per heavy atom. The van der Waals surface area contributed by atoms with Crippen molar-refractivity contribution >= 4 is 7.60 Å². The number of ether oxygens (including phenoxy) is 1. The van der Waals surface area contributed by atoms with Gasteiger partial charge >= 0.3 is 26.5 Å². The molecule has 1 fully saturated rings. The molecular formula is C20H30LiO5P. The molecule has 1 aromatic carbocycles. The van der Waals surface area contributed by atoms with Crippen molar-refractivity contribution in [3.8, 4) is 0 Å². The third-order valence-corrected chi connectivity index (χ3v) is 7.08. The molecule has 0 bridgehead atoms. The van der Waals surface area contributed by atoms with Gasteiger partial charge in [0, 0.05) is 26.1 Å². The van der Waals surface area contributed by atoms with Crippen LogP contribution >= 0.6 is 7.60 Å². The van der Waals surface area contributed by atoms with E-state index in [-0.39, 0.29) is 36.3 Å². The molecular weight excluding hydrogens is 358 g/mol. The molecule has 1 aliphatic rings. The molecule has 0 radical (unpaired) electrons. The fourth-order valence-corrected chi connectivity index (χ4v) is 4.53. The maximum atomic E-state index is 12.4. The Balaban J connectivity index is 0.00000364. The van der Waals surface area contributed by atoms with Crippen LogP contribution in [0.3, 0.4) is 0 Å². The van der Waals surface area contributed by atoms with E-state index >= 15 is 0 Å². The van der Waals surface area contributed by atoms with Gasteiger partial charge in [0.15, 0.2) is 0 Å². The van der Waals surface area contributed by atoms with Crippen LogP contribution in [0.5, 0.6) is 0 Å². The van der Waals surface area contributed by atoms with E-state index < -0.39 is 13.5 Å². The van der Waals surface area contributed by atoms with Crippen LogP contribution in [0.2, 0.25) is 0 Å². The fraction of sp³-hybridized carbons (Fsp3) is 0.600. The van der Waals surface area contributed by atoms with Gasteiger partial charge < -0.3 is 18.9 Å². The monoisotopic (exact) mass is 388 g/mol. The van der Waals surface area contributed by atoms with Crippen molar-refractivity contribution in [1.29, 1.82) is 0 Å². The number of rotatable bonds is 7. The second-order valence-corrected chi connectivity index (χ2v) is 9.69. The van der Waals surface area contributed by atoms with Gasteiger partial charge in [-0.25, -0.2) is 0 Å². The third kappa shape index (κ3) is 6.14. The first-order valence-corrected chi connectivity index (χ1v) is 10.7. The first-order chi connectivity index (χ1) is 12.2. The third-order valence-electron chi connectivity index (χ3n) is 5.54. The molecule has 1 aromatic rings. The summed E-state index contributed by atoms with van der Waals surface area (Å²) in [4.78, 5) is 0. The predicted molar refractivity (Wildman–Crippen MR) is 101 cm³/mol. The first-order valence-electron chi connectivity index (χ1n) is 9.05. The maximum Gasteiger partial charge on any atom is 1.00 e. The van der Waals surface area contributed by atoms with Gasteiger partial charge in [-0.3, -0.25) is 4.57 Å². The van der Waals surface area contributed by atoms with E-state index in [2.05, 4.69) is 32.9 Å². The van der Waals surface area contributed by atoms with Crippen molar-refractivity contribution in [3.05, 3.63) is 47.7 Å². The van der Waals surface area contributed by atoms with Crippen LogP contribution in [0.1, 0.15) is 45.6 Å². The Labute approximate surface area is 175 Å². The number of hydrogen-bond acceptors (Lipinski definition) is 5. The molecule has 0 spiro atoms. The van der Waals surface area contributed by atoms with Gasteiger partial charge in [-0.2, -0.15) is 0 Å². The molecule has 3 atom stereocenters. The van der Waals surface area contributed by atoms with Crippen molar-refractivity contribution in [2.24, 2.45) is 11.8 Å². The molecule has 0 aliphatic heterocycles. The molecule has 0 saturated heterocycles. The maximum absolute atomic E-state index is 12.4. The van der Waals surface area contributed by atoms with Gasteiger partial charge in [-0.15, -0.1) is 0 Å². The quantitative estimate of drug-likeness (QED) is 0.402. The molecule has 0 heterocycles. The second-order valence-electron chi connectivity index (χ2n) is 7.62. The van der Waals surface area contributed by atoms with Crippen LogP contribution in [0, 0.1) is 11.8 Å². The normalized spacial score (nSPS) is 24.2. The summed E-state index contributed by atoms with van der Waals surface area (Å²) in [7, 11) is -1.04. The van der Waals surface area contributed by atoms with Crippen molar-refractivity contribution < 1.29 is 42.3 Å². The topological polar surface area (TPSA) is 67.8 Å². The zero-order valence-electron chi connectivity index (χ0n) is 17.3. The molecule has 5 nitrogen and oxygen atoms in total. The van der Waals surface area contributed by atoms with E-state index in [0.29, 0.717) is 5.92 Å². The van der Waals surface area contributed by atoms with Crippen LogP contribution in [0.15, 0.2) is 42.1 Å². The largest absolute Gasteiger partial charge is 1.00 e. The Morgan fingerprint density at radius 2 is 1.78 bits per heavy atom. The van der Waals surface area contributed by atoms with E-state index in [1.807, 2.05) is 18.2 Å². The summed E-state index contributed by atoms with van der Waals surface area (Å²) in [6.07, 6.45) is 2.64. The molecule has 1 aliphatic carbocycles. The molecule has 27 heavy (non-hydrogen) atoms. The van der Waals surface area contributed by atoms with Crippen molar-refractivity contribution in [1.82, 2.24) is 0 Å². The summed E-state index contributed by atoms with van der Waals surface area (Å²) in [5.74, 6) is 0.943. The Morgan fingerprint density at radius 3 is 2.33 bits per heavy atom. The van der Waals surface area contributed by atoms with Gasteiger partial charge in [0.25, 0.3) is 0 Å². The van der Waals surface area contributed by atoms with Gasteiger partial charge in [-0.05, 0) is 35.7 Å². The molecule has 7 heteroatoms. The SMILES string of the molecule is COP(=O)(/C=C(\[O-])O[C@H]1C[C@@H](C)CC[C@@H]1C(C)(C)c1ccccc1)OC.[Li+]. The summed E-state index contributed by atoms with van der Waals surface area (Å²) in [5, 5.41) is 12.4. The van der Waals surface area contributed by atoms with E-state index in [9.17, 15) is 9.67 Å². The average Bonchev–Trinajstić information content (AvgIpc) is 2.62. The van der Waals surface area contributed by atoms with Crippen LogP contribution in [0.4, 0.5) is 0 Å². The molecule has 1 saturated carbocycles. The minimum atomic E-state index is -3.54. The Kier molecular flexibility index (Phi) is 9.19. The van der Waals surface area contributed by atoms with E-state index in [1.165, 1.54) is 19.8 Å². The smallest absolute Gasteiger partial charge is 0.609 e. The molecule has 0 N–H and O–H groups in total. The van der Waals surface area contributed by atoms with Gasteiger partial charge in [0.05, 0.1) is 5.95 Å². The number of hydrogen-bond donors (Lipinski definition) is 0. The average molecular weight is 388 g/mol. The van der Waals surface area contributed by atoms with Crippen LogP contribution in [-0.4, -0.2) is 20.3 Å². The van der Waals surface area contributed by atoms with Crippen LogP contribution in [-0.2, 0) is 23.8 Å².